The van der Waals surface area contributed by atoms with Crippen LogP contribution in [0.1, 0.15) is 24.9 Å². The summed E-state index contributed by atoms with van der Waals surface area (Å²) in [4.78, 5) is 0. The summed E-state index contributed by atoms with van der Waals surface area (Å²) in [7, 11) is 0. The van der Waals surface area contributed by atoms with Gasteiger partial charge < -0.3 is 5.32 Å². The summed E-state index contributed by atoms with van der Waals surface area (Å²) in [6.45, 7) is 2.31. The highest BCUT2D eigenvalue weighted by Crippen LogP contribution is 2.30. The van der Waals surface area contributed by atoms with Gasteiger partial charge in [0.25, 0.3) is 0 Å². The van der Waals surface area contributed by atoms with E-state index < -0.39 is 18.6 Å². The fourth-order valence-corrected chi connectivity index (χ4v) is 2.32. The predicted molar refractivity (Wildman–Crippen MR) is 79.0 cm³/mol. The predicted octanol–water partition coefficient (Wildman–Crippen LogP) is 4.96. The minimum Gasteiger partial charge on any atom is -0.310 e. The Morgan fingerprint density at radius 3 is 2.00 bits per heavy atom. The Bertz CT molecular complexity index is 546. The van der Waals surface area contributed by atoms with Crippen LogP contribution in [0.2, 0.25) is 0 Å². The topological polar surface area (TPSA) is 12.0 Å². The van der Waals surface area contributed by atoms with Crippen molar-refractivity contribution in [2.45, 2.75) is 25.6 Å². The third kappa shape index (κ3) is 4.60. The van der Waals surface area contributed by atoms with Crippen LogP contribution < -0.4 is 5.32 Å². The highest BCUT2D eigenvalue weighted by atomic mass is 19.4. The maximum absolute atomic E-state index is 12.6. The van der Waals surface area contributed by atoms with Crippen molar-refractivity contribution in [1.82, 2.24) is 5.32 Å². The van der Waals surface area contributed by atoms with Gasteiger partial charge in [0, 0.05) is 6.04 Å². The van der Waals surface area contributed by atoms with E-state index in [2.05, 4.69) is 5.32 Å². The second kappa shape index (κ2) is 6.76. The van der Waals surface area contributed by atoms with Crippen LogP contribution >= 0.6 is 0 Å². The van der Waals surface area contributed by atoms with Gasteiger partial charge >= 0.3 is 6.18 Å². The van der Waals surface area contributed by atoms with Crippen molar-refractivity contribution in [2.75, 3.05) is 6.54 Å². The quantitative estimate of drug-likeness (QED) is 0.822. The molecule has 0 aromatic heterocycles. The molecule has 0 saturated carbocycles. The van der Waals surface area contributed by atoms with Crippen molar-refractivity contribution in [3.63, 3.8) is 0 Å². The summed E-state index contributed by atoms with van der Waals surface area (Å²) >= 11 is 0. The van der Waals surface area contributed by atoms with Crippen molar-refractivity contribution >= 4 is 0 Å². The summed E-state index contributed by atoms with van der Waals surface area (Å²) in [5.41, 5.74) is 2.72. The fourth-order valence-electron chi connectivity index (χ4n) is 2.32. The lowest BCUT2D eigenvalue weighted by atomic mass is 9.99. The van der Waals surface area contributed by atoms with Gasteiger partial charge in [0.15, 0.2) is 0 Å². The lowest BCUT2D eigenvalue weighted by molar-refractivity contribution is -0.140. The average molecular weight is 293 g/mol. The van der Waals surface area contributed by atoms with Crippen molar-refractivity contribution in [3.05, 3.63) is 60.2 Å². The van der Waals surface area contributed by atoms with E-state index in [4.69, 9.17) is 0 Å². The lowest BCUT2D eigenvalue weighted by Gasteiger charge is -2.20. The molecule has 0 spiro atoms. The first-order chi connectivity index (χ1) is 9.99. The molecule has 0 amide bonds. The Balaban J connectivity index is 2.19. The van der Waals surface area contributed by atoms with Crippen molar-refractivity contribution in [3.8, 4) is 11.1 Å². The van der Waals surface area contributed by atoms with E-state index in [1.165, 1.54) is 0 Å². The van der Waals surface area contributed by atoms with Crippen LogP contribution in [0.25, 0.3) is 11.1 Å². The Morgan fingerprint density at radius 2 is 1.48 bits per heavy atom. The maximum atomic E-state index is 12.6. The van der Waals surface area contributed by atoms with E-state index in [0.29, 0.717) is 12.1 Å². The highest BCUT2D eigenvalue weighted by molar-refractivity contribution is 5.63. The van der Waals surface area contributed by atoms with Crippen molar-refractivity contribution < 1.29 is 13.2 Å². The Labute approximate surface area is 122 Å². The molecule has 0 aliphatic heterocycles. The van der Waals surface area contributed by atoms with Crippen LogP contribution in [0, 0.1) is 0 Å². The Hall–Kier alpha value is -1.81. The summed E-state index contributed by atoms with van der Waals surface area (Å²) in [5, 5.41) is 2.89. The number of alkyl halides is 3. The molecule has 0 bridgehead atoms. The maximum Gasteiger partial charge on any atom is 0.390 e. The molecule has 1 nitrogen and oxygen atoms in total. The van der Waals surface area contributed by atoms with Crippen LogP contribution in [0.4, 0.5) is 13.2 Å². The van der Waals surface area contributed by atoms with Gasteiger partial charge in [-0.2, -0.15) is 13.2 Å². The smallest absolute Gasteiger partial charge is 0.310 e. The number of halogens is 3. The monoisotopic (exact) mass is 293 g/mol. The van der Waals surface area contributed by atoms with Gasteiger partial charge in [-0.3, -0.25) is 0 Å². The van der Waals surface area contributed by atoms with Gasteiger partial charge in [0.05, 0.1) is 6.42 Å². The first-order valence-corrected chi connectivity index (χ1v) is 6.95. The SMILES string of the molecule is CCNC(CC(F)(F)F)c1ccc(-c2ccccc2)cc1. The van der Waals surface area contributed by atoms with Gasteiger partial charge in [-0.1, -0.05) is 61.5 Å². The molecule has 2 aromatic carbocycles. The normalized spacial score (nSPS) is 13.1. The average Bonchev–Trinajstić information content (AvgIpc) is 2.47. The van der Waals surface area contributed by atoms with E-state index in [1.54, 1.807) is 12.1 Å². The second-order valence-corrected chi connectivity index (χ2v) is 4.92. The highest BCUT2D eigenvalue weighted by Gasteiger charge is 2.32. The molecule has 1 unspecified atom stereocenters. The molecule has 1 N–H and O–H groups in total. The van der Waals surface area contributed by atoms with E-state index in [1.807, 2.05) is 49.4 Å². The van der Waals surface area contributed by atoms with Crippen LogP contribution in [-0.4, -0.2) is 12.7 Å². The van der Waals surface area contributed by atoms with E-state index in [-0.39, 0.29) is 0 Å². The fraction of sp³-hybridized carbons (Fsp3) is 0.294. The third-order valence-corrected chi connectivity index (χ3v) is 3.31. The number of hydrogen-bond donors (Lipinski definition) is 1. The lowest BCUT2D eigenvalue weighted by Crippen LogP contribution is -2.26. The Kier molecular flexibility index (Phi) is 5.02. The molecule has 2 aromatic rings. The molecular weight excluding hydrogens is 275 g/mol. The zero-order chi connectivity index (χ0) is 15.3. The van der Waals surface area contributed by atoms with Gasteiger partial charge in [-0.05, 0) is 23.2 Å². The molecule has 112 valence electrons. The molecular formula is C17H18F3N. The van der Waals surface area contributed by atoms with Crippen LogP contribution in [0.15, 0.2) is 54.6 Å². The molecule has 0 radical (unpaired) electrons. The van der Waals surface area contributed by atoms with E-state index >= 15 is 0 Å². The molecule has 2 rings (SSSR count). The minimum atomic E-state index is -4.18. The van der Waals surface area contributed by atoms with Gasteiger partial charge in [0.2, 0.25) is 0 Å². The number of hydrogen-bond acceptors (Lipinski definition) is 1. The Morgan fingerprint density at radius 1 is 0.905 bits per heavy atom. The van der Waals surface area contributed by atoms with Gasteiger partial charge in [0.1, 0.15) is 0 Å². The molecule has 0 aliphatic carbocycles. The molecule has 1 atom stereocenters. The van der Waals surface area contributed by atoms with Crippen molar-refractivity contribution in [2.24, 2.45) is 0 Å². The van der Waals surface area contributed by atoms with Crippen LogP contribution in [-0.2, 0) is 0 Å². The van der Waals surface area contributed by atoms with E-state index in [9.17, 15) is 13.2 Å². The van der Waals surface area contributed by atoms with Crippen LogP contribution in [0.5, 0.6) is 0 Å². The molecule has 21 heavy (non-hydrogen) atoms. The molecule has 0 saturated heterocycles. The standard InChI is InChI=1S/C17H18F3N/c1-2-21-16(12-17(18,19)20)15-10-8-14(9-11-15)13-6-4-3-5-7-13/h3-11,16,21H,2,12H2,1H3. The van der Waals surface area contributed by atoms with Crippen LogP contribution in [0.3, 0.4) is 0 Å². The minimum absolute atomic E-state index is 0.501. The number of rotatable bonds is 5. The second-order valence-electron chi connectivity index (χ2n) is 4.92. The summed E-state index contributed by atoms with van der Waals surface area (Å²) in [5.74, 6) is 0. The van der Waals surface area contributed by atoms with Gasteiger partial charge in [-0.25, -0.2) is 0 Å². The molecule has 0 heterocycles. The number of benzene rings is 2. The molecule has 0 aliphatic rings. The van der Waals surface area contributed by atoms with Crippen molar-refractivity contribution in [1.29, 1.82) is 0 Å². The van der Waals surface area contributed by atoms with E-state index in [0.717, 1.165) is 11.1 Å². The first-order valence-electron chi connectivity index (χ1n) is 6.95. The summed E-state index contributed by atoms with van der Waals surface area (Å²) in [6, 6.07) is 16.3. The molecule has 4 heteroatoms. The zero-order valence-corrected chi connectivity index (χ0v) is 11.8. The number of nitrogens with one attached hydrogen (secondary N) is 1. The third-order valence-electron chi connectivity index (χ3n) is 3.31. The largest absolute Gasteiger partial charge is 0.390 e. The molecule has 0 fully saturated rings. The zero-order valence-electron chi connectivity index (χ0n) is 11.8. The summed E-state index contributed by atoms with van der Waals surface area (Å²) < 4.78 is 37.9. The first kappa shape index (κ1) is 15.6. The van der Waals surface area contributed by atoms with Gasteiger partial charge in [-0.15, -0.1) is 0 Å². The summed E-state index contributed by atoms with van der Waals surface area (Å²) in [6.07, 6.45) is -5.03.